The Kier molecular flexibility index (Phi) is 8.03. The van der Waals surface area contributed by atoms with Crippen molar-refractivity contribution >= 4 is 63.8 Å². The molecular formula is C22H18ClN3O7S. The first-order valence-electron chi connectivity index (χ1n) is 9.96. The van der Waals surface area contributed by atoms with Gasteiger partial charge in [-0.1, -0.05) is 30.7 Å². The molecule has 0 radical (unpaired) electrons. The highest BCUT2D eigenvalue weighted by Crippen LogP contribution is 2.32. The summed E-state index contributed by atoms with van der Waals surface area (Å²) in [6.07, 6.45) is 1.98. The molecule has 34 heavy (non-hydrogen) atoms. The van der Waals surface area contributed by atoms with Crippen molar-refractivity contribution in [1.82, 2.24) is 4.90 Å². The van der Waals surface area contributed by atoms with Crippen LogP contribution in [-0.2, 0) is 14.3 Å². The zero-order valence-electron chi connectivity index (χ0n) is 17.8. The molecule has 1 saturated heterocycles. The van der Waals surface area contributed by atoms with Gasteiger partial charge in [-0.3, -0.25) is 29.4 Å². The number of carbonyl (C=O) groups is 4. The molecule has 176 valence electrons. The van der Waals surface area contributed by atoms with Crippen LogP contribution in [0.2, 0.25) is 5.02 Å². The summed E-state index contributed by atoms with van der Waals surface area (Å²) in [6.45, 7) is 1.50. The lowest BCUT2D eigenvalue weighted by atomic mass is 10.2. The second-order valence-electron chi connectivity index (χ2n) is 7.00. The monoisotopic (exact) mass is 503 g/mol. The fraction of sp³-hybridized carbons (Fsp3) is 0.182. The third-order valence-corrected chi connectivity index (χ3v) is 5.70. The molecule has 3 amide bonds. The van der Waals surface area contributed by atoms with Gasteiger partial charge in [-0.05, 0) is 48.0 Å². The van der Waals surface area contributed by atoms with Crippen molar-refractivity contribution in [2.45, 2.75) is 13.3 Å². The normalized spacial score (nSPS) is 14.4. The van der Waals surface area contributed by atoms with Gasteiger partial charge in [0, 0.05) is 17.8 Å². The number of nitrogens with one attached hydrogen (secondary N) is 1. The van der Waals surface area contributed by atoms with Crippen LogP contribution in [-0.4, -0.2) is 46.0 Å². The topological polar surface area (TPSA) is 136 Å². The van der Waals surface area contributed by atoms with Crippen molar-refractivity contribution in [3.05, 3.63) is 73.6 Å². The average Bonchev–Trinajstić information content (AvgIpc) is 3.06. The largest absolute Gasteiger partial charge is 0.462 e. The molecule has 1 heterocycles. The molecule has 0 saturated carbocycles. The fourth-order valence-corrected chi connectivity index (χ4v) is 3.92. The van der Waals surface area contributed by atoms with Gasteiger partial charge < -0.3 is 10.1 Å². The van der Waals surface area contributed by atoms with Crippen LogP contribution in [0.5, 0.6) is 0 Å². The Morgan fingerprint density at radius 1 is 1.24 bits per heavy atom. The Hall–Kier alpha value is -3.70. The summed E-state index contributed by atoms with van der Waals surface area (Å²) in [5, 5.41) is 12.9. The van der Waals surface area contributed by atoms with Crippen LogP contribution in [0.1, 0.15) is 29.3 Å². The van der Waals surface area contributed by atoms with Gasteiger partial charge in [0.25, 0.3) is 16.8 Å². The molecule has 0 aliphatic carbocycles. The van der Waals surface area contributed by atoms with Crippen molar-refractivity contribution in [3.63, 3.8) is 0 Å². The standard InChI is InChI=1S/C22H18ClN3O7S/c1-2-8-33-21(29)16-11-14(6-7-17(16)23)24-19(27)12-25-20(28)18(34-22(25)30)10-13-4-3-5-15(9-13)26(31)32/h3-7,9-11H,2,8,12H2,1H3,(H,24,27)/b18-10+. The molecule has 2 aromatic rings. The molecule has 3 rings (SSSR count). The van der Waals surface area contributed by atoms with Crippen LogP contribution in [0.15, 0.2) is 47.4 Å². The third-order valence-electron chi connectivity index (χ3n) is 4.46. The minimum Gasteiger partial charge on any atom is -0.462 e. The van der Waals surface area contributed by atoms with E-state index in [0.29, 0.717) is 23.7 Å². The van der Waals surface area contributed by atoms with Crippen LogP contribution >= 0.6 is 23.4 Å². The number of rotatable bonds is 8. The molecule has 0 spiro atoms. The van der Waals surface area contributed by atoms with Crippen LogP contribution in [0.4, 0.5) is 16.2 Å². The summed E-state index contributed by atoms with van der Waals surface area (Å²) >= 11 is 6.66. The number of thioether (sulfide) groups is 1. The highest BCUT2D eigenvalue weighted by molar-refractivity contribution is 8.18. The van der Waals surface area contributed by atoms with Crippen molar-refractivity contribution < 1.29 is 28.8 Å². The first kappa shape index (κ1) is 24.9. The van der Waals surface area contributed by atoms with Gasteiger partial charge in [-0.15, -0.1) is 0 Å². The first-order chi connectivity index (χ1) is 16.2. The van der Waals surface area contributed by atoms with Crippen LogP contribution in [0.3, 0.4) is 0 Å². The molecule has 10 nitrogen and oxygen atoms in total. The van der Waals surface area contributed by atoms with E-state index in [4.69, 9.17) is 16.3 Å². The van der Waals surface area contributed by atoms with Gasteiger partial charge in [0.05, 0.1) is 27.0 Å². The Balaban J connectivity index is 1.69. The summed E-state index contributed by atoms with van der Waals surface area (Å²) in [6, 6.07) is 9.81. The smallest absolute Gasteiger partial charge is 0.339 e. The average molecular weight is 504 g/mol. The molecule has 12 heteroatoms. The number of imide groups is 1. The van der Waals surface area contributed by atoms with E-state index in [0.717, 1.165) is 4.90 Å². The van der Waals surface area contributed by atoms with Crippen LogP contribution < -0.4 is 5.32 Å². The Bertz CT molecular complexity index is 1210. The minimum absolute atomic E-state index is 0.0331. The summed E-state index contributed by atoms with van der Waals surface area (Å²) < 4.78 is 5.05. The zero-order chi connectivity index (χ0) is 24.8. The maximum atomic E-state index is 12.6. The van der Waals surface area contributed by atoms with Gasteiger partial charge in [0.15, 0.2) is 0 Å². The van der Waals surface area contributed by atoms with E-state index in [1.165, 1.54) is 42.5 Å². The predicted octanol–water partition coefficient (Wildman–Crippen LogP) is 4.49. The van der Waals surface area contributed by atoms with Crippen LogP contribution in [0, 0.1) is 10.1 Å². The molecule has 0 bridgehead atoms. The molecule has 0 aromatic heterocycles. The number of anilines is 1. The number of benzene rings is 2. The fourth-order valence-electron chi connectivity index (χ4n) is 2.89. The van der Waals surface area contributed by atoms with Crippen molar-refractivity contribution in [2.75, 3.05) is 18.5 Å². The van der Waals surface area contributed by atoms with E-state index in [9.17, 15) is 29.3 Å². The molecule has 1 fully saturated rings. The lowest BCUT2D eigenvalue weighted by Crippen LogP contribution is -2.36. The first-order valence-corrected chi connectivity index (χ1v) is 11.2. The molecule has 0 atom stereocenters. The van der Waals surface area contributed by atoms with Crippen LogP contribution in [0.25, 0.3) is 6.08 Å². The second-order valence-corrected chi connectivity index (χ2v) is 8.40. The molecule has 0 unspecified atom stereocenters. The number of hydrogen-bond donors (Lipinski definition) is 1. The lowest BCUT2D eigenvalue weighted by molar-refractivity contribution is -0.384. The Labute approximate surface area is 203 Å². The predicted molar refractivity (Wildman–Crippen MR) is 126 cm³/mol. The number of ether oxygens (including phenoxy) is 1. The highest BCUT2D eigenvalue weighted by atomic mass is 35.5. The molecule has 1 N–H and O–H groups in total. The molecule has 2 aromatic carbocycles. The number of nitrogens with zero attached hydrogens (tertiary/aromatic N) is 2. The minimum atomic E-state index is -0.698. The van der Waals surface area contributed by atoms with Gasteiger partial charge >= 0.3 is 5.97 Å². The SMILES string of the molecule is CCCOC(=O)c1cc(NC(=O)CN2C(=O)S/C(=C/c3cccc([N+](=O)[O-])c3)C2=O)ccc1Cl. The van der Waals surface area contributed by atoms with Gasteiger partial charge in [-0.25, -0.2) is 4.79 Å². The van der Waals surface area contributed by atoms with E-state index in [1.54, 1.807) is 6.07 Å². The number of non-ortho nitro benzene ring substituents is 1. The number of nitro groups is 1. The molecule has 1 aliphatic heterocycles. The number of amides is 3. The Morgan fingerprint density at radius 2 is 2.00 bits per heavy atom. The van der Waals surface area contributed by atoms with Gasteiger partial charge in [0.2, 0.25) is 5.91 Å². The maximum absolute atomic E-state index is 12.6. The van der Waals surface area contributed by atoms with E-state index >= 15 is 0 Å². The van der Waals surface area contributed by atoms with E-state index in [1.807, 2.05) is 6.92 Å². The lowest BCUT2D eigenvalue weighted by Gasteiger charge is -2.13. The molecular weight excluding hydrogens is 486 g/mol. The quantitative estimate of drug-likeness (QED) is 0.241. The van der Waals surface area contributed by atoms with E-state index < -0.39 is 34.5 Å². The van der Waals surface area contributed by atoms with Gasteiger partial charge in [-0.2, -0.15) is 0 Å². The number of esters is 1. The number of hydrogen-bond acceptors (Lipinski definition) is 8. The summed E-state index contributed by atoms with van der Waals surface area (Å²) in [7, 11) is 0. The summed E-state index contributed by atoms with van der Waals surface area (Å²) in [4.78, 5) is 60.7. The van der Waals surface area contributed by atoms with Crippen molar-refractivity contribution in [3.8, 4) is 0 Å². The number of nitro benzene ring substituents is 1. The molecule has 1 aliphatic rings. The van der Waals surface area contributed by atoms with E-state index in [2.05, 4.69) is 5.32 Å². The second kappa shape index (κ2) is 10.9. The van der Waals surface area contributed by atoms with Gasteiger partial charge in [0.1, 0.15) is 6.54 Å². The number of carbonyl (C=O) groups excluding carboxylic acids is 4. The zero-order valence-corrected chi connectivity index (χ0v) is 19.4. The highest BCUT2D eigenvalue weighted by Gasteiger charge is 2.36. The summed E-state index contributed by atoms with van der Waals surface area (Å²) in [5.74, 6) is -2.01. The Morgan fingerprint density at radius 3 is 2.71 bits per heavy atom. The third kappa shape index (κ3) is 6.00. The number of halogens is 1. The van der Waals surface area contributed by atoms with Crippen molar-refractivity contribution in [1.29, 1.82) is 0 Å². The van der Waals surface area contributed by atoms with Crippen molar-refractivity contribution in [2.24, 2.45) is 0 Å². The maximum Gasteiger partial charge on any atom is 0.339 e. The summed E-state index contributed by atoms with van der Waals surface area (Å²) in [5.41, 5.74) is 0.511. The van der Waals surface area contributed by atoms with E-state index in [-0.39, 0.29) is 33.5 Å².